The van der Waals surface area contributed by atoms with Crippen LogP contribution in [0, 0.1) is 34.0 Å². The van der Waals surface area contributed by atoms with Crippen LogP contribution in [0.15, 0.2) is 22.8 Å². The normalized spacial score (nSPS) is 48.7. The number of carbonyl (C=O) groups excluding carboxylic acids is 1. The van der Waals surface area contributed by atoms with Gasteiger partial charge in [0, 0.05) is 11.8 Å². The van der Waals surface area contributed by atoms with E-state index in [1.807, 2.05) is 6.08 Å². The molecule has 5 aliphatic rings. The summed E-state index contributed by atoms with van der Waals surface area (Å²) >= 11 is 0. The van der Waals surface area contributed by atoms with Crippen LogP contribution in [0.3, 0.4) is 0 Å². The molecular formula is C21H25NO2. The predicted octanol–water partition coefficient (Wildman–Crippen LogP) is 3.84. The van der Waals surface area contributed by atoms with E-state index in [1.54, 1.807) is 5.57 Å². The number of allylic oxidation sites excluding steroid dienone is 4. The lowest BCUT2D eigenvalue weighted by atomic mass is 9.51. The van der Waals surface area contributed by atoms with E-state index in [4.69, 9.17) is 0 Å². The largest absolute Gasteiger partial charge is 0.388 e. The Kier molecular flexibility index (Phi) is 2.74. The lowest BCUT2D eigenvalue weighted by Crippen LogP contribution is -2.53. The van der Waals surface area contributed by atoms with Gasteiger partial charge in [-0.15, -0.1) is 0 Å². The first-order chi connectivity index (χ1) is 11.5. The fourth-order valence-corrected chi connectivity index (χ4v) is 7.33. The van der Waals surface area contributed by atoms with Gasteiger partial charge in [0.1, 0.15) is 0 Å². The summed E-state index contributed by atoms with van der Waals surface area (Å²) in [5.41, 5.74) is 3.73. The molecule has 126 valence electrons. The summed E-state index contributed by atoms with van der Waals surface area (Å²) in [5.74, 6) is 1.46. The first-order valence-electron chi connectivity index (χ1n) is 9.50. The Morgan fingerprint density at radius 2 is 2.12 bits per heavy atom. The summed E-state index contributed by atoms with van der Waals surface area (Å²) in [4.78, 5) is 11.8. The van der Waals surface area contributed by atoms with Crippen molar-refractivity contribution in [2.45, 2.75) is 70.3 Å². The summed E-state index contributed by atoms with van der Waals surface area (Å²) in [6.07, 6.45) is 10.0. The smallest absolute Gasteiger partial charge is 0.156 e. The number of carbonyl (C=O) groups is 1. The molecule has 1 spiro atoms. The van der Waals surface area contributed by atoms with Crippen molar-refractivity contribution in [3.63, 3.8) is 0 Å². The van der Waals surface area contributed by atoms with Gasteiger partial charge < -0.3 is 5.11 Å². The second-order valence-electron chi connectivity index (χ2n) is 9.08. The molecule has 0 unspecified atom stereocenters. The molecule has 1 N–H and O–H groups in total. The van der Waals surface area contributed by atoms with Crippen molar-refractivity contribution in [2.24, 2.45) is 22.7 Å². The van der Waals surface area contributed by atoms with E-state index in [-0.39, 0.29) is 17.3 Å². The van der Waals surface area contributed by atoms with E-state index in [1.165, 1.54) is 17.6 Å². The van der Waals surface area contributed by atoms with Crippen molar-refractivity contribution < 1.29 is 9.90 Å². The Balaban J connectivity index is 1.60. The van der Waals surface area contributed by atoms with Crippen molar-refractivity contribution >= 4 is 5.78 Å². The van der Waals surface area contributed by atoms with E-state index < -0.39 is 5.60 Å². The van der Waals surface area contributed by atoms with Gasteiger partial charge in [0.15, 0.2) is 5.78 Å². The number of hydrogen-bond acceptors (Lipinski definition) is 3. The summed E-state index contributed by atoms with van der Waals surface area (Å²) in [7, 11) is 0. The minimum Gasteiger partial charge on any atom is -0.388 e. The van der Waals surface area contributed by atoms with E-state index in [9.17, 15) is 15.2 Å². The molecule has 0 bridgehead atoms. The van der Waals surface area contributed by atoms with E-state index in [2.05, 4.69) is 13.0 Å². The standard InChI is InChI=1S/C21H25NO2/c1-19-7-6-17-16-4-3-15(23)10-13(16)2-5-18(17)21(19)12-14(21)11-20(19,24)8-9-22/h10,14,18,24H,2-8,11-12H2,1H3/t14-,18+,19+,20-,21+/m0/s1. The molecule has 0 saturated heterocycles. The number of nitrogens with zero attached hydrogens (tertiary/aromatic N) is 1. The fourth-order valence-electron chi connectivity index (χ4n) is 7.33. The van der Waals surface area contributed by atoms with Gasteiger partial charge >= 0.3 is 0 Å². The first kappa shape index (κ1) is 14.9. The van der Waals surface area contributed by atoms with E-state index in [0.29, 0.717) is 24.0 Å². The van der Waals surface area contributed by atoms with Crippen LogP contribution in [0.2, 0.25) is 0 Å². The molecule has 0 aliphatic heterocycles. The third-order valence-corrected chi connectivity index (χ3v) is 8.53. The molecule has 3 saturated carbocycles. The topological polar surface area (TPSA) is 61.1 Å². The van der Waals surface area contributed by atoms with Gasteiger partial charge in [0.2, 0.25) is 0 Å². The quantitative estimate of drug-likeness (QED) is 0.797. The zero-order valence-corrected chi connectivity index (χ0v) is 14.4. The van der Waals surface area contributed by atoms with Crippen molar-refractivity contribution in [3.8, 4) is 6.07 Å². The predicted molar refractivity (Wildman–Crippen MR) is 89.8 cm³/mol. The van der Waals surface area contributed by atoms with Crippen LogP contribution in [0.1, 0.15) is 64.7 Å². The first-order valence-corrected chi connectivity index (χ1v) is 9.50. The Bertz CT molecular complexity index is 756. The SMILES string of the molecule is C[C@]12CCC3=C4CCC(=O)C=C4CC[C@H]3[C@]13C[C@@H]3C[C@@]2(O)CC#N. The van der Waals surface area contributed by atoms with Gasteiger partial charge in [-0.3, -0.25) is 4.79 Å². The maximum absolute atomic E-state index is 11.8. The summed E-state index contributed by atoms with van der Waals surface area (Å²) in [6, 6.07) is 2.26. The average molecular weight is 323 g/mol. The molecule has 5 atom stereocenters. The highest BCUT2D eigenvalue weighted by Gasteiger charge is 2.80. The Labute approximate surface area is 143 Å². The zero-order chi connectivity index (χ0) is 16.7. The second kappa shape index (κ2) is 4.41. The number of nitriles is 1. The molecule has 0 heterocycles. The van der Waals surface area contributed by atoms with Crippen LogP contribution in [0.5, 0.6) is 0 Å². The molecule has 24 heavy (non-hydrogen) atoms. The Hall–Kier alpha value is -1.40. The Morgan fingerprint density at radius 3 is 2.92 bits per heavy atom. The number of ketones is 1. The molecule has 5 aliphatic carbocycles. The van der Waals surface area contributed by atoms with Crippen LogP contribution in [-0.4, -0.2) is 16.5 Å². The van der Waals surface area contributed by atoms with Crippen LogP contribution in [-0.2, 0) is 4.79 Å². The molecule has 0 radical (unpaired) electrons. The summed E-state index contributed by atoms with van der Waals surface area (Å²) in [6.45, 7) is 2.27. The highest BCUT2D eigenvalue weighted by Crippen LogP contribution is 2.83. The number of hydrogen-bond donors (Lipinski definition) is 1. The molecule has 0 aromatic heterocycles. The number of aliphatic hydroxyl groups is 1. The summed E-state index contributed by atoms with van der Waals surface area (Å²) in [5, 5.41) is 20.6. The molecule has 0 aromatic carbocycles. The van der Waals surface area contributed by atoms with Gasteiger partial charge in [-0.2, -0.15) is 5.26 Å². The van der Waals surface area contributed by atoms with Gasteiger partial charge in [-0.25, -0.2) is 0 Å². The molecule has 3 heteroatoms. The molecule has 3 fully saturated rings. The highest BCUT2D eigenvalue weighted by atomic mass is 16.3. The maximum Gasteiger partial charge on any atom is 0.156 e. The maximum atomic E-state index is 11.8. The molecule has 0 aromatic rings. The monoisotopic (exact) mass is 323 g/mol. The van der Waals surface area contributed by atoms with Crippen LogP contribution >= 0.6 is 0 Å². The number of fused-ring (bicyclic) bond motifs is 2. The van der Waals surface area contributed by atoms with Crippen molar-refractivity contribution in [1.82, 2.24) is 0 Å². The molecule has 5 rings (SSSR count). The van der Waals surface area contributed by atoms with Gasteiger partial charge in [0.05, 0.1) is 18.1 Å². The highest BCUT2D eigenvalue weighted by molar-refractivity contribution is 5.93. The van der Waals surface area contributed by atoms with E-state index >= 15 is 0 Å². The third kappa shape index (κ3) is 1.50. The Morgan fingerprint density at radius 1 is 1.29 bits per heavy atom. The van der Waals surface area contributed by atoms with Crippen LogP contribution in [0.25, 0.3) is 0 Å². The van der Waals surface area contributed by atoms with E-state index in [0.717, 1.165) is 38.5 Å². The lowest BCUT2D eigenvalue weighted by Gasteiger charge is -2.54. The molecular weight excluding hydrogens is 298 g/mol. The van der Waals surface area contributed by atoms with Gasteiger partial charge in [-0.1, -0.05) is 12.5 Å². The number of rotatable bonds is 1. The minimum atomic E-state index is -0.792. The van der Waals surface area contributed by atoms with Crippen molar-refractivity contribution in [2.75, 3.05) is 0 Å². The minimum absolute atomic E-state index is 0.110. The van der Waals surface area contributed by atoms with Crippen molar-refractivity contribution in [1.29, 1.82) is 5.26 Å². The lowest BCUT2D eigenvalue weighted by molar-refractivity contribution is -0.115. The van der Waals surface area contributed by atoms with Crippen LogP contribution < -0.4 is 0 Å². The van der Waals surface area contributed by atoms with Crippen LogP contribution in [0.4, 0.5) is 0 Å². The molecule has 0 amide bonds. The fraction of sp³-hybridized carbons (Fsp3) is 0.714. The average Bonchev–Trinajstić information content (AvgIpc) is 3.20. The third-order valence-electron chi connectivity index (χ3n) is 8.53. The summed E-state index contributed by atoms with van der Waals surface area (Å²) < 4.78 is 0. The van der Waals surface area contributed by atoms with Gasteiger partial charge in [0.25, 0.3) is 0 Å². The molecule has 3 nitrogen and oxygen atoms in total. The zero-order valence-electron chi connectivity index (χ0n) is 14.4. The second-order valence-corrected chi connectivity index (χ2v) is 9.08. The van der Waals surface area contributed by atoms with Gasteiger partial charge in [-0.05, 0) is 79.4 Å². The van der Waals surface area contributed by atoms with Crippen molar-refractivity contribution in [3.05, 3.63) is 22.8 Å².